The molecule has 2 heterocycles. The highest BCUT2D eigenvalue weighted by molar-refractivity contribution is 6.30. The predicted molar refractivity (Wildman–Crippen MR) is 102 cm³/mol. The van der Waals surface area contributed by atoms with Gasteiger partial charge in [-0.25, -0.2) is 0 Å². The number of amides is 1. The van der Waals surface area contributed by atoms with E-state index in [1.165, 1.54) is 12.8 Å². The highest BCUT2D eigenvalue weighted by Crippen LogP contribution is 2.28. The van der Waals surface area contributed by atoms with Crippen LogP contribution >= 0.6 is 11.6 Å². The maximum Gasteiger partial charge on any atom is 0.231 e. The second-order valence-corrected chi connectivity index (χ2v) is 7.39. The number of unbranched alkanes of at least 4 members (excludes halogenated alkanes) is 3. The normalized spacial score (nSPS) is 17.5. The zero-order valence-electron chi connectivity index (χ0n) is 15.3. The largest absolute Gasteiger partial charge is 0.342 e. The Kier molecular flexibility index (Phi) is 6.67. The summed E-state index contributed by atoms with van der Waals surface area (Å²) in [4.78, 5) is 19.0. The molecule has 2 aromatic rings. The molecule has 1 aromatic carbocycles. The Bertz CT molecular complexity index is 731. The number of hydrogen-bond donors (Lipinski definition) is 0. The first-order valence-electron chi connectivity index (χ1n) is 9.54. The van der Waals surface area contributed by atoms with E-state index >= 15 is 0 Å². The first-order chi connectivity index (χ1) is 12.7. The molecule has 0 unspecified atom stereocenters. The summed E-state index contributed by atoms with van der Waals surface area (Å²) in [5, 5.41) is 4.74. The van der Waals surface area contributed by atoms with Gasteiger partial charge in [-0.05, 0) is 31.4 Å². The Morgan fingerprint density at radius 1 is 1.35 bits per heavy atom. The van der Waals surface area contributed by atoms with Crippen LogP contribution in [0.25, 0.3) is 11.4 Å². The molecule has 1 aliphatic heterocycles. The molecule has 140 valence electrons. The van der Waals surface area contributed by atoms with Gasteiger partial charge in [-0.15, -0.1) is 0 Å². The summed E-state index contributed by atoms with van der Waals surface area (Å²) >= 11 is 6.04. The predicted octanol–water partition coefficient (Wildman–Crippen LogP) is 5.07. The molecule has 0 aliphatic carbocycles. The molecule has 0 saturated carbocycles. The number of rotatable bonds is 7. The third-order valence-corrected chi connectivity index (χ3v) is 5.13. The van der Waals surface area contributed by atoms with E-state index in [1.807, 2.05) is 29.2 Å². The molecule has 1 saturated heterocycles. The topological polar surface area (TPSA) is 59.2 Å². The first kappa shape index (κ1) is 18.9. The van der Waals surface area contributed by atoms with Crippen molar-refractivity contribution in [3.63, 3.8) is 0 Å². The molecule has 1 aromatic heterocycles. The van der Waals surface area contributed by atoms with Crippen LogP contribution in [0, 0.1) is 0 Å². The van der Waals surface area contributed by atoms with E-state index in [2.05, 4.69) is 17.1 Å². The highest BCUT2D eigenvalue weighted by Gasteiger charge is 2.28. The van der Waals surface area contributed by atoms with E-state index in [9.17, 15) is 4.79 Å². The lowest BCUT2D eigenvalue weighted by atomic mass is 9.97. The lowest BCUT2D eigenvalue weighted by Crippen LogP contribution is -2.39. The molecule has 1 atom stereocenters. The molecule has 0 N–H and O–H groups in total. The maximum atomic E-state index is 12.4. The molecule has 0 radical (unpaired) electrons. The third-order valence-electron chi connectivity index (χ3n) is 4.89. The number of aromatic nitrogens is 2. The number of nitrogens with zero attached hydrogens (tertiary/aromatic N) is 3. The standard InChI is InChI=1S/C20H26ClN3O2/c1-2-3-4-5-11-18(25)24-12-7-9-16(14-24)20-22-19(23-26-20)15-8-6-10-17(21)13-15/h6,8,10,13,16H,2-5,7,9,11-12,14H2,1H3/t16-/m1/s1. The van der Waals surface area contributed by atoms with Crippen LogP contribution in [0.2, 0.25) is 5.02 Å². The lowest BCUT2D eigenvalue weighted by Gasteiger charge is -2.31. The average Bonchev–Trinajstić information content (AvgIpc) is 3.15. The molecule has 1 amide bonds. The minimum Gasteiger partial charge on any atom is -0.342 e. The molecule has 1 fully saturated rings. The fourth-order valence-corrected chi connectivity index (χ4v) is 3.60. The fraction of sp³-hybridized carbons (Fsp3) is 0.550. The quantitative estimate of drug-likeness (QED) is 0.634. The molecule has 0 spiro atoms. The van der Waals surface area contributed by atoms with Crippen molar-refractivity contribution in [1.29, 1.82) is 0 Å². The van der Waals surface area contributed by atoms with Crippen LogP contribution in [-0.4, -0.2) is 34.0 Å². The Morgan fingerprint density at radius 3 is 3.04 bits per heavy atom. The van der Waals surface area contributed by atoms with Crippen LogP contribution in [0.5, 0.6) is 0 Å². The van der Waals surface area contributed by atoms with Gasteiger partial charge in [0, 0.05) is 30.1 Å². The van der Waals surface area contributed by atoms with E-state index < -0.39 is 0 Å². The van der Waals surface area contributed by atoms with Gasteiger partial charge in [0.15, 0.2) is 0 Å². The number of likely N-dealkylation sites (tertiary alicyclic amines) is 1. The van der Waals surface area contributed by atoms with Crippen molar-refractivity contribution in [3.8, 4) is 11.4 Å². The average molecular weight is 376 g/mol. The number of carbonyl (C=O) groups excluding carboxylic acids is 1. The minimum absolute atomic E-state index is 0.115. The van der Waals surface area contributed by atoms with Crippen LogP contribution in [-0.2, 0) is 4.79 Å². The Labute approximate surface area is 159 Å². The smallest absolute Gasteiger partial charge is 0.231 e. The van der Waals surface area contributed by atoms with Gasteiger partial charge >= 0.3 is 0 Å². The summed E-state index contributed by atoms with van der Waals surface area (Å²) in [5.74, 6) is 1.53. The molecule has 1 aliphatic rings. The summed E-state index contributed by atoms with van der Waals surface area (Å²) in [6.07, 6.45) is 7.08. The monoisotopic (exact) mass is 375 g/mol. The van der Waals surface area contributed by atoms with Gasteiger partial charge in [-0.3, -0.25) is 4.79 Å². The molecule has 6 heteroatoms. The van der Waals surface area contributed by atoms with Crippen molar-refractivity contribution in [2.24, 2.45) is 0 Å². The van der Waals surface area contributed by atoms with Crippen molar-refractivity contribution in [1.82, 2.24) is 15.0 Å². The van der Waals surface area contributed by atoms with Gasteiger partial charge in [0.25, 0.3) is 0 Å². The summed E-state index contributed by atoms with van der Waals surface area (Å²) < 4.78 is 5.50. The van der Waals surface area contributed by atoms with Crippen molar-refractivity contribution >= 4 is 17.5 Å². The van der Waals surface area contributed by atoms with E-state index in [1.54, 1.807) is 0 Å². The molecule has 26 heavy (non-hydrogen) atoms. The van der Waals surface area contributed by atoms with Gasteiger partial charge in [0.1, 0.15) is 0 Å². The SMILES string of the molecule is CCCCCCC(=O)N1CCC[C@@H](c2nc(-c3cccc(Cl)c3)no2)C1. The summed E-state index contributed by atoms with van der Waals surface area (Å²) in [5.41, 5.74) is 0.840. The van der Waals surface area contributed by atoms with Crippen LogP contribution in [0.1, 0.15) is 63.7 Å². The minimum atomic E-state index is 0.115. The van der Waals surface area contributed by atoms with E-state index in [-0.39, 0.29) is 11.8 Å². The zero-order chi connectivity index (χ0) is 18.4. The van der Waals surface area contributed by atoms with Gasteiger partial charge in [0.2, 0.25) is 17.6 Å². The van der Waals surface area contributed by atoms with Crippen LogP contribution in [0.15, 0.2) is 28.8 Å². The second kappa shape index (κ2) is 9.17. The van der Waals surface area contributed by atoms with E-state index in [0.717, 1.165) is 37.8 Å². The highest BCUT2D eigenvalue weighted by atomic mass is 35.5. The maximum absolute atomic E-state index is 12.4. The number of hydrogen-bond acceptors (Lipinski definition) is 4. The first-order valence-corrected chi connectivity index (χ1v) is 9.92. The number of piperidine rings is 1. The summed E-state index contributed by atoms with van der Waals surface area (Å²) in [7, 11) is 0. The van der Waals surface area contributed by atoms with Gasteiger partial charge in [-0.2, -0.15) is 4.98 Å². The lowest BCUT2D eigenvalue weighted by molar-refractivity contribution is -0.132. The number of carbonyl (C=O) groups is 1. The molecule has 5 nitrogen and oxygen atoms in total. The van der Waals surface area contributed by atoms with Gasteiger partial charge < -0.3 is 9.42 Å². The summed E-state index contributed by atoms with van der Waals surface area (Å²) in [6.45, 7) is 3.68. The molecule has 3 rings (SSSR count). The van der Waals surface area contributed by atoms with Crippen molar-refractivity contribution in [2.45, 2.75) is 57.8 Å². The zero-order valence-corrected chi connectivity index (χ0v) is 16.0. The Hall–Kier alpha value is -1.88. The Balaban J connectivity index is 1.60. The number of halogens is 1. The molecular formula is C20H26ClN3O2. The second-order valence-electron chi connectivity index (χ2n) is 6.96. The summed E-state index contributed by atoms with van der Waals surface area (Å²) in [6, 6.07) is 7.42. The van der Waals surface area contributed by atoms with Crippen molar-refractivity contribution in [2.75, 3.05) is 13.1 Å². The van der Waals surface area contributed by atoms with Gasteiger partial charge in [0.05, 0.1) is 5.92 Å². The van der Waals surface area contributed by atoms with Crippen molar-refractivity contribution < 1.29 is 9.32 Å². The number of benzene rings is 1. The molecular weight excluding hydrogens is 350 g/mol. The van der Waals surface area contributed by atoms with Crippen LogP contribution in [0.4, 0.5) is 0 Å². The van der Waals surface area contributed by atoms with E-state index in [4.69, 9.17) is 16.1 Å². The van der Waals surface area contributed by atoms with Gasteiger partial charge in [-0.1, -0.05) is 55.1 Å². The Morgan fingerprint density at radius 2 is 2.23 bits per heavy atom. The van der Waals surface area contributed by atoms with Crippen LogP contribution < -0.4 is 0 Å². The fourth-order valence-electron chi connectivity index (χ4n) is 3.41. The molecule has 0 bridgehead atoms. The van der Waals surface area contributed by atoms with Crippen LogP contribution in [0.3, 0.4) is 0 Å². The van der Waals surface area contributed by atoms with Crippen molar-refractivity contribution in [3.05, 3.63) is 35.2 Å². The van der Waals surface area contributed by atoms with E-state index in [0.29, 0.717) is 29.7 Å². The third kappa shape index (κ3) is 4.85.